The van der Waals surface area contributed by atoms with Gasteiger partial charge in [-0.25, -0.2) is 4.98 Å². The highest BCUT2D eigenvalue weighted by Crippen LogP contribution is 2.42. The van der Waals surface area contributed by atoms with Gasteiger partial charge in [0.25, 0.3) is 0 Å². The molecular formula is C20H27N5O3S. The van der Waals surface area contributed by atoms with Crippen molar-refractivity contribution in [1.29, 1.82) is 0 Å². The van der Waals surface area contributed by atoms with E-state index in [-0.39, 0.29) is 11.9 Å². The van der Waals surface area contributed by atoms with Crippen LogP contribution in [0.2, 0.25) is 0 Å². The van der Waals surface area contributed by atoms with Crippen LogP contribution in [0.15, 0.2) is 18.2 Å². The van der Waals surface area contributed by atoms with Crippen LogP contribution in [0.5, 0.6) is 17.4 Å². The lowest BCUT2D eigenvalue weighted by Gasteiger charge is -2.37. The molecule has 0 amide bonds. The van der Waals surface area contributed by atoms with Gasteiger partial charge in [0.05, 0.1) is 24.6 Å². The maximum absolute atomic E-state index is 11.0. The number of hydrogen-bond acceptors (Lipinski definition) is 8. The van der Waals surface area contributed by atoms with Gasteiger partial charge in [0, 0.05) is 26.2 Å². The van der Waals surface area contributed by atoms with E-state index >= 15 is 0 Å². The summed E-state index contributed by atoms with van der Waals surface area (Å²) in [5, 5.41) is 15.3. The number of aromatic hydroxyl groups is 1. The number of hydrogen-bond donors (Lipinski definition) is 1. The van der Waals surface area contributed by atoms with Crippen LogP contribution in [0.1, 0.15) is 29.2 Å². The van der Waals surface area contributed by atoms with Gasteiger partial charge < -0.3 is 19.5 Å². The second-order valence-corrected chi connectivity index (χ2v) is 8.24. The third-order valence-electron chi connectivity index (χ3n) is 5.26. The zero-order valence-electron chi connectivity index (χ0n) is 17.3. The van der Waals surface area contributed by atoms with E-state index in [0.29, 0.717) is 23.1 Å². The number of benzene rings is 1. The van der Waals surface area contributed by atoms with Crippen LogP contribution in [0.3, 0.4) is 0 Å². The number of piperazine rings is 1. The van der Waals surface area contributed by atoms with Crippen molar-refractivity contribution in [3.8, 4) is 17.4 Å². The van der Waals surface area contributed by atoms with E-state index < -0.39 is 0 Å². The standard InChI is InChI=1S/C20H27N5O3S/c1-5-28-15-7-6-14(12-16(15)27-4)17(24-10-8-23(3)9-11-24)18-19(26)25-20(29-18)21-13(2)22-25/h6-7,12,17,26H,5,8-11H2,1-4H3. The first-order valence-electron chi connectivity index (χ1n) is 9.80. The van der Waals surface area contributed by atoms with Crippen LogP contribution in [0.25, 0.3) is 4.96 Å². The van der Waals surface area contributed by atoms with Gasteiger partial charge in [0.1, 0.15) is 5.82 Å². The number of aryl methyl sites for hydroxylation is 1. The molecule has 1 unspecified atom stereocenters. The number of likely N-dealkylation sites (N-methyl/N-ethyl adjacent to an activating group) is 1. The molecule has 0 bridgehead atoms. The molecular weight excluding hydrogens is 390 g/mol. The van der Waals surface area contributed by atoms with E-state index in [1.807, 2.05) is 26.0 Å². The summed E-state index contributed by atoms with van der Waals surface area (Å²) in [6.07, 6.45) is 0. The lowest BCUT2D eigenvalue weighted by atomic mass is 10.0. The molecule has 3 heterocycles. The van der Waals surface area contributed by atoms with Gasteiger partial charge in [-0.1, -0.05) is 17.4 Å². The average molecular weight is 418 g/mol. The summed E-state index contributed by atoms with van der Waals surface area (Å²) >= 11 is 1.48. The number of nitrogens with zero attached hydrogens (tertiary/aromatic N) is 5. The molecule has 1 aromatic carbocycles. The minimum absolute atomic E-state index is 0.109. The Bertz CT molecular complexity index is 994. The first-order chi connectivity index (χ1) is 14.0. The Morgan fingerprint density at radius 3 is 2.62 bits per heavy atom. The van der Waals surface area contributed by atoms with Crippen LogP contribution >= 0.6 is 11.3 Å². The average Bonchev–Trinajstić information content (AvgIpc) is 3.22. The fourth-order valence-electron chi connectivity index (χ4n) is 3.76. The first kappa shape index (κ1) is 19.9. The minimum atomic E-state index is -0.109. The highest BCUT2D eigenvalue weighted by atomic mass is 32.1. The Labute approximate surface area is 174 Å². The fourth-order valence-corrected chi connectivity index (χ4v) is 4.93. The Hall–Kier alpha value is -2.36. The summed E-state index contributed by atoms with van der Waals surface area (Å²) in [6.45, 7) is 8.12. The quantitative estimate of drug-likeness (QED) is 0.661. The normalized spacial score (nSPS) is 17.0. The number of fused-ring (bicyclic) bond motifs is 1. The molecule has 8 nitrogen and oxygen atoms in total. The molecule has 3 aromatic rings. The summed E-state index contributed by atoms with van der Waals surface area (Å²) < 4.78 is 12.8. The van der Waals surface area contributed by atoms with Gasteiger partial charge >= 0.3 is 0 Å². The summed E-state index contributed by atoms with van der Waals surface area (Å²) in [7, 11) is 3.78. The van der Waals surface area contributed by atoms with Crippen LogP contribution in [0, 0.1) is 6.92 Å². The fraction of sp³-hybridized carbons (Fsp3) is 0.500. The van der Waals surface area contributed by atoms with E-state index in [2.05, 4.69) is 33.0 Å². The van der Waals surface area contributed by atoms with Crippen molar-refractivity contribution < 1.29 is 14.6 Å². The zero-order chi connectivity index (χ0) is 20.5. The van der Waals surface area contributed by atoms with E-state index in [4.69, 9.17) is 9.47 Å². The number of thiazole rings is 1. The number of aromatic nitrogens is 3. The largest absolute Gasteiger partial charge is 0.493 e. The Morgan fingerprint density at radius 2 is 1.97 bits per heavy atom. The molecule has 1 N–H and O–H groups in total. The molecule has 0 aliphatic carbocycles. The summed E-state index contributed by atoms with van der Waals surface area (Å²) in [4.78, 5) is 10.7. The van der Waals surface area contributed by atoms with Crippen molar-refractivity contribution in [2.24, 2.45) is 0 Å². The van der Waals surface area contributed by atoms with Gasteiger partial charge in [-0.2, -0.15) is 4.52 Å². The van der Waals surface area contributed by atoms with Crippen molar-refractivity contribution >= 4 is 16.3 Å². The summed E-state index contributed by atoms with van der Waals surface area (Å²) in [5.41, 5.74) is 1.05. The maximum atomic E-state index is 11.0. The Morgan fingerprint density at radius 1 is 1.21 bits per heavy atom. The molecule has 0 radical (unpaired) electrons. The second kappa shape index (κ2) is 8.17. The third-order valence-corrected chi connectivity index (χ3v) is 6.33. The molecule has 1 aliphatic rings. The first-order valence-corrected chi connectivity index (χ1v) is 10.6. The molecule has 1 aliphatic heterocycles. The van der Waals surface area contributed by atoms with Crippen molar-refractivity contribution in [2.45, 2.75) is 19.9 Å². The smallest absolute Gasteiger partial charge is 0.230 e. The maximum Gasteiger partial charge on any atom is 0.230 e. The van der Waals surface area contributed by atoms with E-state index in [1.54, 1.807) is 7.11 Å². The molecule has 4 rings (SSSR count). The van der Waals surface area contributed by atoms with Crippen molar-refractivity contribution in [3.05, 3.63) is 34.5 Å². The van der Waals surface area contributed by atoms with Gasteiger partial charge in [-0.05, 0) is 38.6 Å². The summed E-state index contributed by atoms with van der Waals surface area (Å²) in [6, 6.07) is 5.90. The Balaban J connectivity index is 1.80. The van der Waals surface area contributed by atoms with E-state index in [9.17, 15) is 5.11 Å². The lowest BCUT2D eigenvalue weighted by molar-refractivity contribution is 0.127. The second-order valence-electron chi connectivity index (χ2n) is 7.23. The predicted octanol–water partition coefficient (Wildman–Crippen LogP) is 2.55. The molecule has 0 spiro atoms. The number of ether oxygens (including phenoxy) is 2. The molecule has 0 saturated carbocycles. The molecule has 1 fully saturated rings. The predicted molar refractivity (Wildman–Crippen MR) is 112 cm³/mol. The zero-order valence-corrected chi connectivity index (χ0v) is 18.1. The van der Waals surface area contributed by atoms with Crippen LogP contribution in [0.4, 0.5) is 0 Å². The minimum Gasteiger partial charge on any atom is -0.493 e. The topological polar surface area (TPSA) is 75.4 Å². The van der Waals surface area contributed by atoms with Crippen molar-refractivity contribution in [1.82, 2.24) is 24.4 Å². The molecule has 2 aromatic heterocycles. The third kappa shape index (κ3) is 3.77. The van der Waals surface area contributed by atoms with Crippen LogP contribution in [-0.2, 0) is 0 Å². The van der Waals surface area contributed by atoms with Gasteiger partial charge in [-0.15, -0.1) is 5.10 Å². The van der Waals surface area contributed by atoms with Gasteiger partial charge in [-0.3, -0.25) is 4.90 Å². The van der Waals surface area contributed by atoms with E-state index in [0.717, 1.165) is 42.4 Å². The monoisotopic (exact) mass is 417 g/mol. The molecule has 156 valence electrons. The van der Waals surface area contributed by atoms with Gasteiger partial charge in [0.15, 0.2) is 11.5 Å². The van der Waals surface area contributed by atoms with Crippen molar-refractivity contribution in [2.75, 3.05) is 46.9 Å². The number of rotatable bonds is 6. The molecule has 1 saturated heterocycles. The molecule has 1 atom stereocenters. The van der Waals surface area contributed by atoms with Crippen LogP contribution < -0.4 is 9.47 Å². The van der Waals surface area contributed by atoms with Crippen molar-refractivity contribution in [3.63, 3.8) is 0 Å². The Kier molecular flexibility index (Phi) is 5.62. The highest BCUT2D eigenvalue weighted by Gasteiger charge is 2.31. The highest BCUT2D eigenvalue weighted by molar-refractivity contribution is 7.17. The lowest BCUT2D eigenvalue weighted by Crippen LogP contribution is -2.46. The molecule has 29 heavy (non-hydrogen) atoms. The molecule has 9 heteroatoms. The summed E-state index contributed by atoms with van der Waals surface area (Å²) in [5.74, 6) is 2.22. The SMILES string of the molecule is CCOc1ccc(C(c2sc3nc(C)nn3c2O)N2CCN(C)CC2)cc1OC. The van der Waals surface area contributed by atoms with E-state index in [1.165, 1.54) is 15.9 Å². The number of methoxy groups -OCH3 is 1. The van der Waals surface area contributed by atoms with Crippen LogP contribution in [-0.4, -0.2) is 76.4 Å². The van der Waals surface area contributed by atoms with Gasteiger partial charge in [0.2, 0.25) is 10.8 Å².